The first kappa shape index (κ1) is 30.1. The van der Waals surface area contributed by atoms with Gasteiger partial charge in [-0.2, -0.15) is 0 Å². The van der Waals surface area contributed by atoms with E-state index in [1.54, 1.807) is 0 Å². The molecule has 3 heterocycles. The summed E-state index contributed by atoms with van der Waals surface area (Å²) in [6.45, 7) is 0. The summed E-state index contributed by atoms with van der Waals surface area (Å²) in [6.07, 6.45) is 0. The Morgan fingerprint density at radius 2 is 0.836 bits per heavy atom. The van der Waals surface area contributed by atoms with Crippen LogP contribution in [0, 0.1) is 0 Å². The average Bonchev–Trinajstić information content (AvgIpc) is 3.90. The number of nitrogens with zero attached hydrogens (tertiary/aromatic N) is 2. The van der Waals surface area contributed by atoms with Gasteiger partial charge in [-0.05, 0) is 94.4 Å². The molecule has 256 valence electrons. The summed E-state index contributed by atoms with van der Waals surface area (Å²) in [6, 6.07) is 70.4. The Balaban J connectivity index is 1.03. The van der Waals surface area contributed by atoms with Gasteiger partial charge in [-0.25, -0.2) is 0 Å². The van der Waals surface area contributed by atoms with Crippen molar-refractivity contribution in [2.75, 3.05) is 0 Å². The molecule has 0 saturated heterocycles. The Morgan fingerprint density at radius 3 is 1.56 bits per heavy atom. The van der Waals surface area contributed by atoms with E-state index in [1.165, 1.54) is 82.3 Å². The van der Waals surface area contributed by atoms with Crippen molar-refractivity contribution in [3.05, 3.63) is 194 Å². The lowest BCUT2D eigenvalue weighted by atomic mass is 9.97. The molecule has 0 bridgehead atoms. The number of fused-ring (bicyclic) bond motifs is 10. The average molecular weight is 701 g/mol. The molecule has 0 aliphatic carbocycles. The Labute approximate surface area is 316 Å². The highest BCUT2D eigenvalue weighted by Crippen LogP contribution is 2.41. The minimum absolute atomic E-state index is 0.905. The van der Waals surface area contributed by atoms with Gasteiger partial charge >= 0.3 is 0 Å². The Morgan fingerprint density at radius 1 is 0.291 bits per heavy atom. The van der Waals surface area contributed by atoms with Crippen molar-refractivity contribution in [2.45, 2.75) is 0 Å². The van der Waals surface area contributed by atoms with Gasteiger partial charge in [-0.3, -0.25) is 0 Å². The number of aromatic nitrogens is 2. The van der Waals surface area contributed by atoms with E-state index in [4.69, 9.17) is 4.42 Å². The van der Waals surface area contributed by atoms with Crippen LogP contribution < -0.4 is 0 Å². The molecular weight excluding hydrogens is 669 g/mol. The summed E-state index contributed by atoms with van der Waals surface area (Å²) in [5, 5.41) is 9.71. The van der Waals surface area contributed by atoms with Crippen molar-refractivity contribution in [3.8, 4) is 33.6 Å². The molecule has 12 rings (SSSR count). The van der Waals surface area contributed by atoms with Crippen LogP contribution in [0.3, 0.4) is 0 Å². The lowest BCUT2D eigenvalue weighted by Gasteiger charge is -2.15. The van der Waals surface area contributed by atoms with Crippen LogP contribution in [0.2, 0.25) is 0 Å². The second-order valence-electron chi connectivity index (χ2n) is 14.5. The number of furan rings is 1. The smallest absolute Gasteiger partial charge is 0.135 e. The first-order valence-electron chi connectivity index (χ1n) is 18.8. The Bertz CT molecular complexity index is 3490. The lowest BCUT2D eigenvalue weighted by Crippen LogP contribution is -1.96. The molecule has 3 aromatic heterocycles. The van der Waals surface area contributed by atoms with Crippen molar-refractivity contribution in [2.24, 2.45) is 0 Å². The van der Waals surface area contributed by atoms with Crippen LogP contribution in [-0.2, 0) is 0 Å². The predicted molar refractivity (Wildman–Crippen MR) is 231 cm³/mol. The fraction of sp³-hybridized carbons (Fsp3) is 0. The highest BCUT2D eigenvalue weighted by Gasteiger charge is 2.18. The first-order valence-corrected chi connectivity index (χ1v) is 18.8. The zero-order valence-corrected chi connectivity index (χ0v) is 29.8. The highest BCUT2D eigenvalue weighted by molar-refractivity contribution is 6.14. The van der Waals surface area contributed by atoms with E-state index >= 15 is 0 Å². The lowest BCUT2D eigenvalue weighted by molar-refractivity contribution is 0.669. The molecule has 0 unspecified atom stereocenters. The van der Waals surface area contributed by atoms with E-state index in [1.807, 2.05) is 12.1 Å². The number of rotatable bonds is 4. The molecule has 0 radical (unpaired) electrons. The fourth-order valence-corrected chi connectivity index (χ4v) is 9.04. The van der Waals surface area contributed by atoms with E-state index in [9.17, 15) is 0 Å². The molecule has 9 aromatic carbocycles. The van der Waals surface area contributed by atoms with Crippen LogP contribution in [0.1, 0.15) is 0 Å². The minimum atomic E-state index is 0.905. The van der Waals surface area contributed by atoms with Gasteiger partial charge in [0, 0.05) is 43.4 Å². The molecule has 0 aliphatic heterocycles. The second kappa shape index (κ2) is 11.6. The zero-order valence-electron chi connectivity index (χ0n) is 29.8. The third kappa shape index (κ3) is 4.44. The summed E-state index contributed by atoms with van der Waals surface area (Å²) < 4.78 is 11.0. The first-order chi connectivity index (χ1) is 27.3. The van der Waals surface area contributed by atoms with Gasteiger partial charge < -0.3 is 13.6 Å². The number of para-hydroxylation sites is 3. The summed E-state index contributed by atoms with van der Waals surface area (Å²) in [5.74, 6) is 0. The molecule has 0 spiro atoms. The molecule has 3 heteroatoms. The summed E-state index contributed by atoms with van der Waals surface area (Å²) >= 11 is 0. The summed E-state index contributed by atoms with van der Waals surface area (Å²) in [4.78, 5) is 0. The molecule has 0 N–H and O–H groups in total. The number of benzene rings is 9. The van der Waals surface area contributed by atoms with Crippen LogP contribution in [0.15, 0.2) is 199 Å². The fourth-order valence-electron chi connectivity index (χ4n) is 9.04. The van der Waals surface area contributed by atoms with Crippen molar-refractivity contribution in [1.29, 1.82) is 0 Å². The van der Waals surface area contributed by atoms with Gasteiger partial charge in [-0.1, -0.05) is 127 Å². The molecule has 0 fully saturated rings. The Hall–Kier alpha value is -7.36. The standard InChI is InChI=1S/C52H32N2O/c1-2-12-33(13-3-1)37-25-28-48(39-15-5-4-14-38(37)39)54-47-20-10-7-17-41(47)44-31-35(23-27-50(44)54)34-22-26-49-43(30-34)40-16-6-9-19-46(40)53(49)36-24-29-52-45(32-36)42-18-8-11-21-51(42)55-52/h1-32H. The molecule has 3 nitrogen and oxygen atoms in total. The molecule has 12 aromatic rings. The van der Waals surface area contributed by atoms with Crippen LogP contribution in [0.4, 0.5) is 0 Å². The van der Waals surface area contributed by atoms with Gasteiger partial charge in [0.15, 0.2) is 0 Å². The van der Waals surface area contributed by atoms with E-state index in [2.05, 4.69) is 191 Å². The second-order valence-corrected chi connectivity index (χ2v) is 14.5. The van der Waals surface area contributed by atoms with Gasteiger partial charge in [0.2, 0.25) is 0 Å². The van der Waals surface area contributed by atoms with Gasteiger partial charge in [-0.15, -0.1) is 0 Å². The topological polar surface area (TPSA) is 23.0 Å². The van der Waals surface area contributed by atoms with E-state index in [-0.39, 0.29) is 0 Å². The van der Waals surface area contributed by atoms with Crippen LogP contribution >= 0.6 is 0 Å². The number of hydrogen-bond donors (Lipinski definition) is 0. The van der Waals surface area contributed by atoms with Crippen molar-refractivity contribution in [3.63, 3.8) is 0 Å². The summed E-state index contributed by atoms with van der Waals surface area (Å²) in [7, 11) is 0. The maximum Gasteiger partial charge on any atom is 0.135 e. The van der Waals surface area contributed by atoms with E-state index < -0.39 is 0 Å². The van der Waals surface area contributed by atoms with Gasteiger partial charge in [0.25, 0.3) is 0 Å². The molecule has 55 heavy (non-hydrogen) atoms. The third-order valence-corrected chi connectivity index (χ3v) is 11.5. The maximum absolute atomic E-state index is 6.18. The molecule has 0 saturated carbocycles. The normalized spacial score (nSPS) is 12.0. The molecular formula is C52H32N2O. The van der Waals surface area contributed by atoms with Crippen LogP contribution in [0.5, 0.6) is 0 Å². The molecule has 0 atom stereocenters. The minimum Gasteiger partial charge on any atom is -0.456 e. The number of hydrogen-bond acceptors (Lipinski definition) is 1. The zero-order chi connectivity index (χ0) is 36.0. The van der Waals surface area contributed by atoms with E-state index in [0.29, 0.717) is 0 Å². The van der Waals surface area contributed by atoms with E-state index in [0.717, 1.165) is 27.6 Å². The predicted octanol–water partition coefficient (Wildman–Crippen LogP) is 14.3. The van der Waals surface area contributed by atoms with Gasteiger partial charge in [0.05, 0.1) is 27.8 Å². The van der Waals surface area contributed by atoms with Crippen LogP contribution in [0.25, 0.3) is 110 Å². The third-order valence-electron chi connectivity index (χ3n) is 11.5. The summed E-state index contributed by atoms with van der Waals surface area (Å²) in [5.41, 5.74) is 13.8. The quantitative estimate of drug-likeness (QED) is 0.179. The van der Waals surface area contributed by atoms with Crippen LogP contribution in [-0.4, -0.2) is 9.13 Å². The SMILES string of the molecule is c1ccc(-c2ccc(-n3c4ccccc4c4cc(-c5ccc6c(c5)c5ccccc5n6-c5ccc6oc7ccccc7c6c5)ccc43)c3ccccc23)cc1. The Kier molecular flexibility index (Phi) is 6.34. The van der Waals surface area contributed by atoms with Crippen molar-refractivity contribution < 1.29 is 4.42 Å². The van der Waals surface area contributed by atoms with Gasteiger partial charge in [0.1, 0.15) is 11.2 Å². The van der Waals surface area contributed by atoms with Crippen molar-refractivity contribution in [1.82, 2.24) is 9.13 Å². The largest absolute Gasteiger partial charge is 0.456 e. The highest BCUT2D eigenvalue weighted by atomic mass is 16.3. The monoisotopic (exact) mass is 700 g/mol. The van der Waals surface area contributed by atoms with Crippen molar-refractivity contribution >= 4 is 76.3 Å². The molecule has 0 aliphatic rings. The maximum atomic E-state index is 6.18. The molecule has 0 amide bonds.